The summed E-state index contributed by atoms with van der Waals surface area (Å²) in [6.45, 7) is 3.51. The van der Waals surface area contributed by atoms with Gasteiger partial charge in [0.15, 0.2) is 0 Å². The Hall–Kier alpha value is -1.47. The van der Waals surface area contributed by atoms with Gasteiger partial charge in [0.2, 0.25) is 10.0 Å². The van der Waals surface area contributed by atoms with E-state index in [-0.39, 0.29) is 5.91 Å². The van der Waals surface area contributed by atoms with Crippen LogP contribution in [0, 0.1) is 12.8 Å². The van der Waals surface area contributed by atoms with Crippen LogP contribution in [-0.2, 0) is 10.0 Å². The van der Waals surface area contributed by atoms with Crippen LogP contribution in [0.1, 0.15) is 28.8 Å². The van der Waals surface area contributed by atoms with Crippen molar-refractivity contribution in [3.63, 3.8) is 0 Å². The van der Waals surface area contributed by atoms with Crippen LogP contribution in [-0.4, -0.2) is 49.5 Å². The Morgan fingerprint density at radius 1 is 1.43 bits per heavy atom. The van der Waals surface area contributed by atoms with Crippen molar-refractivity contribution in [2.75, 3.05) is 25.9 Å². The summed E-state index contributed by atoms with van der Waals surface area (Å²) in [5.74, 6) is 0.231. The minimum Gasteiger partial charge on any atom is -0.352 e. The van der Waals surface area contributed by atoms with E-state index in [4.69, 9.17) is 0 Å². The van der Waals surface area contributed by atoms with E-state index in [9.17, 15) is 13.2 Å². The number of piperidine rings is 1. The number of hydrogen-bond acceptors (Lipinski definition) is 4. The van der Waals surface area contributed by atoms with Crippen molar-refractivity contribution in [3.8, 4) is 0 Å². The van der Waals surface area contributed by atoms with Crippen molar-refractivity contribution in [3.05, 3.63) is 29.6 Å². The molecule has 7 heteroatoms. The second kappa shape index (κ2) is 6.53. The molecule has 1 amide bonds. The van der Waals surface area contributed by atoms with Crippen LogP contribution in [0.5, 0.6) is 0 Å². The third kappa shape index (κ3) is 4.25. The average Bonchev–Trinajstić information content (AvgIpc) is 2.45. The topological polar surface area (TPSA) is 79.4 Å². The van der Waals surface area contributed by atoms with Crippen molar-refractivity contribution in [2.45, 2.75) is 19.8 Å². The number of rotatable bonds is 4. The molecule has 0 atom stereocenters. The second-order valence-electron chi connectivity index (χ2n) is 5.51. The van der Waals surface area contributed by atoms with E-state index >= 15 is 0 Å². The molecule has 2 rings (SSSR count). The third-order valence-electron chi connectivity index (χ3n) is 3.86. The van der Waals surface area contributed by atoms with Gasteiger partial charge in [0.25, 0.3) is 5.91 Å². The summed E-state index contributed by atoms with van der Waals surface area (Å²) in [6.07, 6.45) is 6.07. The lowest BCUT2D eigenvalue weighted by atomic mass is 9.98. The van der Waals surface area contributed by atoms with Crippen molar-refractivity contribution >= 4 is 15.9 Å². The van der Waals surface area contributed by atoms with Gasteiger partial charge in [-0.05, 0) is 37.3 Å². The van der Waals surface area contributed by atoms with Gasteiger partial charge in [-0.2, -0.15) is 0 Å². The van der Waals surface area contributed by atoms with Gasteiger partial charge in [0, 0.05) is 37.6 Å². The van der Waals surface area contributed by atoms with Crippen molar-refractivity contribution < 1.29 is 13.2 Å². The molecule has 0 aromatic carbocycles. The first-order valence-corrected chi connectivity index (χ1v) is 8.86. The smallest absolute Gasteiger partial charge is 0.251 e. The van der Waals surface area contributed by atoms with Gasteiger partial charge in [0.1, 0.15) is 0 Å². The molecule has 0 radical (unpaired) electrons. The van der Waals surface area contributed by atoms with E-state index in [2.05, 4.69) is 10.3 Å². The summed E-state index contributed by atoms with van der Waals surface area (Å²) in [5, 5.41) is 2.93. The molecule has 6 nitrogen and oxygen atoms in total. The Bertz CT molecular complexity index is 608. The third-order valence-corrected chi connectivity index (χ3v) is 5.16. The number of sulfonamides is 1. The fourth-order valence-electron chi connectivity index (χ4n) is 2.51. The molecule has 0 spiro atoms. The molecule has 1 saturated heterocycles. The molecule has 1 aromatic heterocycles. The fraction of sp³-hybridized carbons (Fsp3) is 0.571. The van der Waals surface area contributed by atoms with Crippen LogP contribution in [0.2, 0.25) is 0 Å². The number of carbonyl (C=O) groups is 1. The lowest BCUT2D eigenvalue weighted by Crippen LogP contribution is -2.41. The zero-order valence-electron chi connectivity index (χ0n) is 12.4. The molecule has 1 fully saturated rings. The predicted octanol–water partition coefficient (Wildman–Crippen LogP) is 0.791. The van der Waals surface area contributed by atoms with Crippen molar-refractivity contribution in [1.82, 2.24) is 14.6 Å². The Kier molecular flexibility index (Phi) is 4.95. The highest BCUT2D eigenvalue weighted by atomic mass is 32.2. The maximum Gasteiger partial charge on any atom is 0.251 e. The first-order valence-electron chi connectivity index (χ1n) is 7.02. The Labute approximate surface area is 125 Å². The summed E-state index contributed by atoms with van der Waals surface area (Å²) in [6, 6.07) is 1.71. The largest absolute Gasteiger partial charge is 0.352 e. The molecule has 0 bridgehead atoms. The number of nitrogens with one attached hydrogen (secondary N) is 1. The number of aromatic nitrogens is 1. The van der Waals surface area contributed by atoms with Crippen LogP contribution in [0.3, 0.4) is 0 Å². The number of carbonyl (C=O) groups excluding carboxylic acids is 1. The lowest BCUT2D eigenvalue weighted by molar-refractivity contribution is 0.0941. The summed E-state index contributed by atoms with van der Waals surface area (Å²) in [7, 11) is -3.09. The van der Waals surface area contributed by atoms with Crippen LogP contribution in [0.4, 0.5) is 0 Å². The fourth-order valence-corrected chi connectivity index (χ4v) is 3.38. The normalized spacial score (nSPS) is 17.6. The summed E-state index contributed by atoms with van der Waals surface area (Å²) in [4.78, 5) is 16.1. The lowest BCUT2D eigenvalue weighted by Gasteiger charge is -2.30. The minimum atomic E-state index is -3.09. The Balaban J connectivity index is 1.83. The van der Waals surface area contributed by atoms with Crippen LogP contribution >= 0.6 is 0 Å². The van der Waals surface area contributed by atoms with E-state index in [0.29, 0.717) is 31.1 Å². The zero-order chi connectivity index (χ0) is 15.5. The van der Waals surface area contributed by atoms with E-state index in [1.165, 1.54) is 10.6 Å². The van der Waals surface area contributed by atoms with Gasteiger partial charge in [-0.1, -0.05) is 0 Å². The first-order chi connectivity index (χ1) is 9.88. The van der Waals surface area contributed by atoms with Crippen molar-refractivity contribution in [1.29, 1.82) is 0 Å². The number of amides is 1. The van der Waals surface area contributed by atoms with Gasteiger partial charge in [0.05, 0.1) is 6.26 Å². The molecule has 21 heavy (non-hydrogen) atoms. The summed E-state index contributed by atoms with van der Waals surface area (Å²) >= 11 is 0. The second-order valence-corrected chi connectivity index (χ2v) is 7.49. The Morgan fingerprint density at radius 2 is 2.10 bits per heavy atom. The van der Waals surface area contributed by atoms with Gasteiger partial charge < -0.3 is 5.32 Å². The summed E-state index contributed by atoms with van der Waals surface area (Å²) < 4.78 is 24.4. The van der Waals surface area contributed by atoms with E-state index in [1.54, 1.807) is 18.5 Å². The van der Waals surface area contributed by atoms with E-state index in [0.717, 1.165) is 18.4 Å². The molecule has 0 unspecified atom stereocenters. The van der Waals surface area contributed by atoms with Gasteiger partial charge in [-0.15, -0.1) is 0 Å². The highest BCUT2D eigenvalue weighted by Crippen LogP contribution is 2.18. The molecule has 1 aliphatic rings. The number of aryl methyl sites for hydroxylation is 1. The van der Waals surface area contributed by atoms with Gasteiger partial charge in [-0.25, -0.2) is 12.7 Å². The molecule has 0 aliphatic carbocycles. The molecule has 116 valence electrons. The molecule has 0 saturated carbocycles. The maximum absolute atomic E-state index is 12.1. The SMILES string of the molecule is Cc1cnccc1C(=O)NCC1CCN(S(C)(=O)=O)CC1. The first kappa shape index (κ1) is 15.9. The Morgan fingerprint density at radius 3 is 2.67 bits per heavy atom. The molecular formula is C14H21N3O3S. The van der Waals surface area contributed by atoms with E-state index in [1.807, 2.05) is 6.92 Å². The highest BCUT2D eigenvalue weighted by molar-refractivity contribution is 7.88. The van der Waals surface area contributed by atoms with Gasteiger partial charge >= 0.3 is 0 Å². The maximum atomic E-state index is 12.1. The highest BCUT2D eigenvalue weighted by Gasteiger charge is 2.25. The number of nitrogens with zero attached hydrogens (tertiary/aromatic N) is 2. The molecule has 2 heterocycles. The molecule has 1 N–H and O–H groups in total. The van der Waals surface area contributed by atoms with Crippen LogP contribution in [0.25, 0.3) is 0 Å². The van der Waals surface area contributed by atoms with Gasteiger partial charge in [-0.3, -0.25) is 9.78 Å². The predicted molar refractivity (Wildman–Crippen MR) is 80.4 cm³/mol. The van der Waals surface area contributed by atoms with Crippen LogP contribution in [0.15, 0.2) is 18.5 Å². The average molecular weight is 311 g/mol. The van der Waals surface area contributed by atoms with E-state index < -0.39 is 10.0 Å². The standard InChI is InChI=1S/C14H21N3O3S/c1-11-9-15-6-3-13(11)14(18)16-10-12-4-7-17(8-5-12)21(2,19)20/h3,6,9,12H,4-5,7-8,10H2,1-2H3,(H,16,18). The molecule has 1 aliphatic heterocycles. The molecular weight excluding hydrogens is 290 g/mol. The minimum absolute atomic E-state index is 0.0968. The number of pyridine rings is 1. The van der Waals surface area contributed by atoms with Crippen LogP contribution < -0.4 is 5.32 Å². The zero-order valence-corrected chi connectivity index (χ0v) is 13.2. The summed E-state index contributed by atoms with van der Waals surface area (Å²) in [5.41, 5.74) is 1.49. The van der Waals surface area contributed by atoms with Crippen molar-refractivity contribution in [2.24, 2.45) is 5.92 Å². The monoisotopic (exact) mass is 311 g/mol. The molecule has 1 aromatic rings. The quantitative estimate of drug-likeness (QED) is 0.891. The number of hydrogen-bond donors (Lipinski definition) is 1.